The second-order valence-corrected chi connectivity index (χ2v) is 4.00. The molecule has 72 valence electrons. The van der Waals surface area contributed by atoms with Gasteiger partial charge in [-0.1, -0.05) is 19.3 Å². The Balaban J connectivity index is 1.91. The van der Waals surface area contributed by atoms with Gasteiger partial charge >= 0.3 is 0 Å². The fourth-order valence-electron chi connectivity index (χ4n) is 1.76. The Bertz CT molecular complexity index is 100. The molecule has 2 heteroatoms. The molecule has 0 spiro atoms. The van der Waals surface area contributed by atoms with Gasteiger partial charge in [-0.3, -0.25) is 0 Å². The largest absolute Gasteiger partial charge is 0.381 e. The average molecular weight is 191 g/mol. The first kappa shape index (κ1) is 10.3. The van der Waals surface area contributed by atoms with Crippen LogP contribution in [0.15, 0.2) is 0 Å². The van der Waals surface area contributed by atoms with Gasteiger partial charge < -0.3 is 4.74 Å². The number of halogens is 1. The summed E-state index contributed by atoms with van der Waals surface area (Å²) in [5.41, 5.74) is 0. The molecule has 1 nitrogen and oxygen atoms in total. The maximum absolute atomic E-state index is 5.54. The van der Waals surface area contributed by atoms with E-state index in [-0.39, 0.29) is 0 Å². The quantitative estimate of drug-likeness (QED) is 0.478. The lowest BCUT2D eigenvalue weighted by atomic mass is 9.90. The predicted octanol–water partition coefficient (Wildman–Crippen LogP) is 3.21. The Morgan fingerprint density at radius 1 is 1.17 bits per heavy atom. The molecule has 0 N–H and O–H groups in total. The van der Waals surface area contributed by atoms with Gasteiger partial charge in [0.15, 0.2) is 0 Å². The molecule has 1 saturated carbocycles. The lowest BCUT2D eigenvalue weighted by Gasteiger charge is -2.21. The number of rotatable bonds is 5. The maximum atomic E-state index is 5.54. The van der Waals surface area contributed by atoms with Crippen LogP contribution >= 0.6 is 11.6 Å². The van der Waals surface area contributed by atoms with Crippen LogP contribution in [0.5, 0.6) is 0 Å². The van der Waals surface area contributed by atoms with Crippen molar-refractivity contribution in [1.82, 2.24) is 0 Å². The van der Waals surface area contributed by atoms with E-state index in [9.17, 15) is 0 Å². The lowest BCUT2D eigenvalue weighted by molar-refractivity contribution is 0.0861. The molecule has 0 bridgehead atoms. The highest BCUT2D eigenvalue weighted by molar-refractivity contribution is 6.17. The molecule has 0 aromatic heterocycles. The van der Waals surface area contributed by atoms with E-state index in [1.54, 1.807) is 0 Å². The van der Waals surface area contributed by atoms with Crippen molar-refractivity contribution in [3.63, 3.8) is 0 Å². The Hall–Kier alpha value is 0.250. The molecular formula is C10H19ClO. The zero-order chi connectivity index (χ0) is 8.65. The summed E-state index contributed by atoms with van der Waals surface area (Å²) in [6, 6.07) is 0. The zero-order valence-corrected chi connectivity index (χ0v) is 8.48. The van der Waals surface area contributed by atoms with E-state index < -0.39 is 0 Å². The molecule has 1 aliphatic rings. The molecule has 0 radical (unpaired) electrons. The van der Waals surface area contributed by atoms with Crippen LogP contribution in [-0.4, -0.2) is 19.1 Å². The Morgan fingerprint density at radius 2 is 1.92 bits per heavy atom. The highest BCUT2D eigenvalue weighted by Gasteiger charge is 2.12. The Kier molecular flexibility index (Phi) is 5.80. The minimum atomic E-state index is 0.727. The van der Waals surface area contributed by atoms with Crippen molar-refractivity contribution in [3.8, 4) is 0 Å². The summed E-state index contributed by atoms with van der Waals surface area (Å²) in [4.78, 5) is 0. The third kappa shape index (κ3) is 4.32. The van der Waals surface area contributed by atoms with Crippen molar-refractivity contribution in [1.29, 1.82) is 0 Å². The first-order valence-electron chi connectivity index (χ1n) is 5.07. The Morgan fingerprint density at radius 3 is 2.58 bits per heavy atom. The highest BCUT2D eigenvalue weighted by atomic mass is 35.5. The van der Waals surface area contributed by atoms with Crippen molar-refractivity contribution in [2.24, 2.45) is 5.92 Å². The molecule has 1 rings (SSSR count). The summed E-state index contributed by atoms with van der Waals surface area (Å²) < 4.78 is 5.53. The highest BCUT2D eigenvalue weighted by Crippen LogP contribution is 2.23. The SMILES string of the molecule is ClCCCOCC1CCCCC1. The van der Waals surface area contributed by atoms with E-state index in [4.69, 9.17) is 16.3 Å². The fourth-order valence-corrected chi connectivity index (χ4v) is 1.87. The van der Waals surface area contributed by atoms with E-state index >= 15 is 0 Å². The van der Waals surface area contributed by atoms with Crippen LogP contribution < -0.4 is 0 Å². The second-order valence-electron chi connectivity index (χ2n) is 3.62. The molecule has 1 aliphatic carbocycles. The van der Waals surface area contributed by atoms with Crippen molar-refractivity contribution in [3.05, 3.63) is 0 Å². The number of ether oxygens (including phenoxy) is 1. The van der Waals surface area contributed by atoms with Crippen LogP contribution in [0.2, 0.25) is 0 Å². The van der Waals surface area contributed by atoms with Crippen LogP contribution in [0, 0.1) is 5.92 Å². The summed E-state index contributed by atoms with van der Waals surface area (Å²) in [6.45, 7) is 1.82. The predicted molar refractivity (Wildman–Crippen MR) is 52.7 cm³/mol. The first-order chi connectivity index (χ1) is 5.93. The van der Waals surface area contributed by atoms with Gasteiger partial charge in [-0.2, -0.15) is 0 Å². The summed E-state index contributed by atoms with van der Waals surface area (Å²) in [7, 11) is 0. The number of hydrogen-bond donors (Lipinski definition) is 0. The van der Waals surface area contributed by atoms with Gasteiger partial charge in [0, 0.05) is 19.1 Å². The molecular weight excluding hydrogens is 172 g/mol. The summed E-state index contributed by atoms with van der Waals surface area (Å²) >= 11 is 5.54. The third-order valence-electron chi connectivity index (χ3n) is 2.50. The maximum Gasteiger partial charge on any atom is 0.0494 e. The smallest absolute Gasteiger partial charge is 0.0494 e. The fraction of sp³-hybridized carbons (Fsp3) is 1.00. The standard InChI is InChI=1S/C10H19ClO/c11-7-4-8-12-9-10-5-2-1-3-6-10/h10H,1-9H2. The molecule has 0 aromatic rings. The van der Waals surface area contributed by atoms with Gasteiger partial charge in [0.1, 0.15) is 0 Å². The van der Waals surface area contributed by atoms with E-state index in [1.807, 2.05) is 0 Å². The van der Waals surface area contributed by atoms with Gasteiger partial charge in [0.05, 0.1) is 0 Å². The number of hydrogen-bond acceptors (Lipinski definition) is 1. The molecule has 0 aromatic carbocycles. The molecule has 12 heavy (non-hydrogen) atoms. The number of alkyl halides is 1. The normalized spacial score (nSPS) is 19.8. The molecule has 0 heterocycles. The van der Waals surface area contributed by atoms with E-state index in [0.717, 1.165) is 31.4 Å². The van der Waals surface area contributed by atoms with Crippen LogP contribution in [0.3, 0.4) is 0 Å². The van der Waals surface area contributed by atoms with E-state index in [1.165, 1.54) is 32.1 Å². The molecule has 0 amide bonds. The third-order valence-corrected chi connectivity index (χ3v) is 2.77. The minimum absolute atomic E-state index is 0.727. The van der Waals surface area contributed by atoms with Gasteiger partial charge in [0.2, 0.25) is 0 Å². The molecule has 0 saturated heterocycles. The van der Waals surface area contributed by atoms with Gasteiger partial charge in [-0.25, -0.2) is 0 Å². The Labute approximate surface area is 80.4 Å². The minimum Gasteiger partial charge on any atom is -0.381 e. The average Bonchev–Trinajstić information content (AvgIpc) is 2.14. The van der Waals surface area contributed by atoms with Crippen molar-refractivity contribution >= 4 is 11.6 Å². The lowest BCUT2D eigenvalue weighted by Crippen LogP contribution is -2.13. The van der Waals surface area contributed by atoms with Crippen LogP contribution in [0.25, 0.3) is 0 Å². The van der Waals surface area contributed by atoms with E-state index in [0.29, 0.717) is 0 Å². The summed E-state index contributed by atoms with van der Waals surface area (Å²) in [6.07, 6.45) is 7.99. The zero-order valence-electron chi connectivity index (χ0n) is 7.73. The van der Waals surface area contributed by atoms with Crippen LogP contribution in [-0.2, 0) is 4.74 Å². The summed E-state index contributed by atoms with van der Waals surface area (Å²) in [5, 5.41) is 0. The molecule has 0 aliphatic heterocycles. The monoisotopic (exact) mass is 190 g/mol. The van der Waals surface area contributed by atoms with Crippen LogP contribution in [0.4, 0.5) is 0 Å². The van der Waals surface area contributed by atoms with Crippen molar-refractivity contribution < 1.29 is 4.74 Å². The molecule has 1 fully saturated rings. The summed E-state index contributed by atoms with van der Waals surface area (Å²) in [5.74, 6) is 1.57. The van der Waals surface area contributed by atoms with Gasteiger partial charge in [0.25, 0.3) is 0 Å². The van der Waals surface area contributed by atoms with E-state index in [2.05, 4.69) is 0 Å². The first-order valence-corrected chi connectivity index (χ1v) is 5.60. The van der Waals surface area contributed by atoms with Crippen LogP contribution in [0.1, 0.15) is 38.5 Å². The molecule has 0 unspecified atom stereocenters. The molecule has 0 atom stereocenters. The van der Waals surface area contributed by atoms with Crippen molar-refractivity contribution in [2.45, 2.75) is 38.5 Å². The second kappa shape index (κ2) is 6.73. The topological polar surface area (TPSA) is 9.23 Å². The van der Waals surface area contributed by atoms with Crippen molar-refractivity contribution in [2.75, 3.05) is 19.1 Å². The van der Waals surface area contributed by atoms with Gasteiger partial charge in [-0.15, -0.1) is 11.6 Å². The van der Waals surface area contributed by atoms with Gasteiger partial charge in [-0.05, 0) is 25.2 Å².